The normalized spacial score (nSPS) is 20.7. The summed E-state index contributed by atoms with van der Waals surface area (Å²) in [5, 5.41) is 17.5. The number of nitrogens with zero attached hydrogens (tertiary/aromatic N) is 2. The number of rotatable bonds is 6. The Morgan fingerprint density at radius 3 is 2.73 bits per heavy atom. The Morgan fingerprint density at radius 2 is 2.11 bits per heavy atom. The van der Waals surface area contributed by atoms with E-state index in [1.54, 1.807) is 39.3 Å². The number of aromatic amines is 1. The zero-order valence-electron chi connectivity index (χ0n) is 21.6. The molecular formula is C28H31F2N3O4. The van der Waals surface area contributed by atoms with Crippen LogP contribution in [-0.4, -0.2) is 51.8 Å². The molecule has 9 heteroatoms. The maximum absolute atomic E-state index is 16.3. The van der Waals surface area contributed by atoms with E-state index in [2.05, 4.69) is 10.2 Å². The summed E-state index contributed by atoms with van der Waals surface area (Å²) >= 11 is 0. The molecule has 0 aliphatic carbocycles. The van der Waals surface area contributed by atoms with Crippen molar-refractivity contribution in [3.8, 4) is 5.69 Å². The van der Waals surface area contributed by atoms with Crippen molar-refractivity contribution in [2.75, 3.05) is 20.3 Å². The van der Waals surface area contributed by atoms with Gasteiger partial charge in [-0.3, -0.25) is 5.10 Å². The maximum atomic E-state index is 16.3. The fourth-order valence-electron chi connectivity index (χ4n) is 5.65. The molecule has 2 aromatic carbocycles. The second-order valence-electron chi connectivity index (χ2n) is 10.8. The van der Waals surface area contributed by atoms with E-state index in [0.29, 0.717) is 46.1 Å². The molecule has 0 saturated carbocycles. The lowest BCUT2D eigenvalue weighted by atomic mass is 9.79. The zero-order valence-corrected chi connectivity index (χ0v) is 21.6. The molecule has 1 aliphatic rings. The number of carboxylic acids is 1. The summed E-state index contributed by atoms with van der Waals surface area (Å²) in [6.07, 6.45) is 2.36. The Morgan fingerprint density at radius 1 is 1.35 bits per heavy atom. The summed E-state index contributed by atoms with van der Waals surface area (Å²) in [6.45, 7) is 7.79. The molecule has 0 amide bonds. The number of halogens is 2. The van der Waals surface area contributed by atoms with Gasteiger partial charge in [0.15, 0.2) is 11.4 Å². The molecule has 7 nitrogen and oxygen atoms in total. The molecule has 0 radical (unpaired) electrons. The van der Waals surface area contributed by atoms with Gasteiger partial charge in [0.2, 0.25) is 0 Å². The third-order valence-corrected chi connectivity index (χ3v) is 7.62. The number of hydrogen-bond donors (Lipinski definition) is 2. The third-order valence-electron chi connectivity index (χ3n) is 7.62. The minimum Gasteiger partial charge on any atom is -0.479 e. The first-order chi connectivity index (χ1) is 17.5. The summed E-state index contributed by atoms with van der Waals surface area (Å²) in [6, 6.07) is 6.74. The van der Waals surface area contributed by atoms with Gasteiger partial charge < -0.3 is 19.1 Å². The Kier molecular flexibility index (Phi) is 6.11. The highest BCUT2D eigenvalue weighted by Crippen LogP contribution is 2.47. The van der Waals surface area contributed by atoms with Gasteiger partial charge in [0.1, 0.15) is 11.3 Å². The fraction of sp³-hybridized carbons (Fsp3) is 0.429. The number of carbonyl (C=O) groups is 1. The topological polar surface area (TPSA) is 89.4 Å². The van der Waals surface area contributed by atoms with E-state index in [4.69, 9.17) is 9.47 Å². The van der Waals surface area contributed by atoms with Gasteiger partial charge in [-0.1, -0.05) is 13.8 Å². The van der Waals surface area contributed by atoms with Crippen LogP contribution in [0.15, 0.2) is 30.5 Å². The van der Waals surface area contributed by atoms with Gasteiger partial charge in [0, 0.05) is 40.6 Å². The highest BCUT2D eigenvalue weighted by atomic mass is 19.1. The van der Waals surface area contributed by atoms with Crippen molar-refractivity contribution < 1.29 is 28.2 Å². The fourth-order valence-corrected chi connectivity index (χ4v) is 5.65. The lowest BCUT2D eigenvalue weighted by Crippen LogP contribution is -2.43. The Hall–Kier alpha value is -3.30. The van der Waals surface area contributed by atoms with Crippen molar-refractivity contribution in [3.05, 3.63) is 58.9 Å². The number of carboxylic acid groups (broad SMARTS) is 1. The molecule has 1 fully saturated rings. The third kappa shape index (κ3) is 4.01. The number of hydrogen-bond acceptors (Lipinski definition) is 4. The number of aryl methyl sites for hydroxylation is 1. The average Bonchev–Trinajstić information content (AvgIpc) is 3.45. The van der Waals surface area contributed by atoms with Crippen LogP contribution >= 0.6 is 0 Å². The van der Waals surface area contributed by atoms with Gasteiger partial charge >= 0.3 is 5.97 Å². The van der Waals surface area contributed by atoms with Crippen LogP contribution in [-0.2, 0) is 19.7 Å². The second kappa shape index (κ2) is 8.92. The summed E-state index contributed by atoms with van der Waals surface area (Å²) < 4.78 is 44.1. The minimum absolute atomic E-state index is 0.126. The molecule has 196 valence electrons. The Bertz CT molecular complexity index is 1510. The van der Waals surface area contributed by atoms with Crippen LogP contribution < -0.4 is 0 Å². The van der Waals surface area contributed by atoms with Gasteiger partial charge in [-0.25, -0.2) is 13.6 Å². The van der Waals surface area contributed by atoms with Crippen LogP contribution in [0.3, 0.4) is 0 Å². The quantitative estimate of drug-likeness (QED) is 0.344. The molecule has 2 N–H and O–H groups in total. The van der Waals surface area contributed by atoms with Crippen LogP contribution in [0.5, 0.6) is 0 Å². The average molecular weight is 512 g/mol. The second-order valence-corrected chi connectivity index (χ2v) is 10.8. The smallest absolute Gasteiger partial charge is 0.335 e. The van der Waals surface area contributed by atoms with Crippen molar-refractivity contribution in [3.63, 3.8) is 0 Å². The highest BCUT2D eigenvalue weighted by Gasteiger charge is 2.43. The molecule has 0 unspecified atom stereocenters. The number of H-pyrrole nitrogens is 1. The van der Waals surface area contributed by atoms with Crippen LogP contribution in [0.4, 0.5) is 8.78 Å². The highest BCUT2D eigenvalue weighted by molar-refractivity contribution is 6.00. The molecule has 4 aromatic rings. The number of nitrogens with one attached hydrogen (secondary N) is 1. The maximum Gasteiger partial charge on any atom is 0.335 e. The van der Waals surface area contributed by atoms with Crippen LogP contribution in [0, 0.1) is 18.6 Å². The Balaban J connectivity index is 1.87. The number of methoxy groups -OCH3 is 1. The van der Waals surface area contributed by atoms with Gasteiger partial charge in [-0.2, -0.15) is 5.10 Å². The summed E-state index contributed by atoms with van der Waals surface area (Å²) in [7, 11) is 1.62. The number of fused-ring (bicyclic) bond motifs is 2. The minimum atomic E-state index is -1.29. The van der Waals surface area contributed by atoms with Gasteiger partial charge in [0.25, 0.3) is 0 Å². The van der Waals surface area contributed by atoms with Gasteiger partial charge in [-0.15, -0.1) is 0 Å². The first-order valence-electron chi connectivity index (χ1n) is 12.3. The van der Waals surface area contributed by atoms with Crippen molar-refractivity contribution >= 4 is 27.8 Å². The first-order valence-corrected chi connectivity index (χ1v) is 12.3. The van der Waals surface area contributed by atoms with E-state index in [1.165, 1.54) is 6.07 Å². The molecule has 2 atom stereocenters. The van der Waals surface area contributed by atoms with Gasteiger partial charge in [-0.05, 0) is 62.1 Å². The predicted molar refractivity (Wildman–Crippen MR) is 136 cm³/mol. The standard InChI is InChI=1S/C28H31F2N3O4/c1-15-10-18(6-7-19(15)29)33-20-11-17-12-31-32-24(17)23(30)22(20)21(25(33)27(2,3)14-36-5)16-8-9-28(4,26(34)35)37-13-16/h6-7,10-12,16H,8-9,13-14H2,1-5H3,(H,31,32)(H,34,35)/t16-,28+/m0/s1. The summed E-state index contributed by atoms with van der Waals surface area (Å²) in [4.78, 5) is 11.8. The van der Waals surface area contributed by atoms with E-state index in [9.17, 15) is 14.3 Å². The van der Waals surface area contributed by atoms with Crippen LogP contribution in [0.25, 0.3) is 27.5 Å². The van der Waals surface area contributed by atoms with Crippen molar-refractivity contribution in [2.24, 2.45) is 0 Å². The lowest BCUT2D eigenvalue weighted by molar-refractivity contribution is -0.170. The molecule has 37 heavy (non-hydrogen) atoms. The summed E-state index contributed by atoms with van der Waals surface area (Å²) in [5.41, 5.74) is 1.78. The summed E-state index contributed by atoms with van der Waals surface area (Å²) in [5.74, 6) is -2.03. The number of aromatic nitrogens is 3. The first kappa shape index (κ1) is 25.4. The molecule has 0 spiro atoms. The molecular weight excluding hydrogens is 480 g/mol. The van der Waals surface area contributed by atoms with Crippen molar-refractivity contribution in [2.45, 2.75) is 57.5 Å². The van der Waals surface area contributed by atoms with E-state index in [-0.39, 0.29) is 24.8 Å². The molecule has 5 rings (SSSR count). The molecule has 2 aromatic heterocycles. The van der Waals surface area contributed by atoms with E-state index >= 15 is 4.39 Å². The van der Waals surface area contributed by atoms with E-state index in [1.807, 2.05) is 24.5 Å². The van der Waals surface area contributed by atoms with Gasteiger partial charge in [0.05, 0.1) is 24.9 Å². The molecule has 1 saturated heterocycles. The molecule has 0 bridgehead atoms. The van der Waals surface area contributed by atoms with Crippen molar-refractivity contribution in [1.82, 2.24) is 14.8 Å². The molecule has 1 aliphatic heterocycles. The number of aliphatic carboxylic acids is 1. The van der Waals surface area contributed by atoms with E-state index < -0.39 is 22.8 Å². The molecule has 3 heterocycles. The van der Waals surface area contributed by atoms with E-state index in [0.717, 1.165) is 11.3 Å². The SMILES string of the molecule is COCC(C)(C)c1c([C@H]2CC[C@](C)(C(=O)O)OC2)c2c(F)c3[nH]ncc3cc2n1-c1ccc(F)c(C)c1. The zero-order chi connectivity index (χ0) is 26.7. The Labute approximate surface area is 213 Å². The number of benzene rings is 2. The monoisotopic (exact) mass is 511 g/mol. The van der Waals surface area contributed by atoms with Crippen LogP contribution in [0.2, 0.25) is 0 Å². The predicted octanol–water partition coefficient (Wildman–Crippen LogP) is 5.75. The largest absolute Gasteiger partial charge is 0.479 e. The van der Waals surface area contributed by atoms with Crippen molar-refractivity contribution in [1.29, 1.82) is 0 Å². The number of ether oxygens (including phenoxy) is 2. The van der Waals surface area contributed by atoms with Crippen LogP contribution in [0.1, 0.15) is 56.4 Å². The lowest BCUT2D eigenvalue weighted by Gasteiger charge is -2.36.